The Morgan fingerprint density at radius 2 is 1.81 bits per heavy atom. The summed E-state index contributed by atoms with van der Waals surface area (Å²) in [4.78, 5) is 4.51. The number of rotatable bonds is 9. The van der Waals surface area contributed by atoms with E-state index in [4.69, 9.17) is 14.0 Å². The highest BCUT2D eigenvalue weighted by Crippen LogP contribution is 2.25. The van der Waals surface area contributed by atoms with Gasteiger partial charge in [-0.05, 0) is 68.1 Å². The van der Waals surface area contributed by atoms with Crippen molar-refractivity contribution in [3.63, 3.8) is 0 Å². The molecule has 1 aliphatic rings. The molecule has 10 nitrogen and oxygen atoms in total. The van der Waals surface area contributed by atoms with Gasteiger partial charge >= 0.3 is 0 Å². The molecule has 1 aliphatic heterocycles. The van der Waals surface area contributed by atoms with Gasteiger partial charge in [0.2, 0.25) is 0 Å². The SMILES string of the molecule is C[C@H](OC1CCCCO1)c1nccn1Cc1cc(-c2ccc(C#Cc3ccc(Cn4cnnc4CO)cc3)cc2)on1. The zero-order chi connectivity index (χ0) is 28.7. The molecule has 1 unspecified atom stereocenters. The maximum atomic E-state index is 9.35. The summed E-state index contributed by atoms with van der Waals surface area (Å²) in [7, 11) is 0. The molecular formula is C32H32N6O4. The van der Waals surface area contributed by atoms with Gasteiger partial charge in [-0.25, -0.2) is 4.98 Å². The smallest absolute Gasteiger partial charge is 0.167 e. The second-order valence-electron chi connectivity index (χ2n) is 10.2. The van der Waals surface area contributed by atoms with Crippen molar-refractivity contribution in [3.05, 3.63) is 107 Å². The number of nitrogens with zero attached hydrogens (tertiary/aromatic N) is 6. The van der Waals surface area contributed by atoms with Crippen LogP contribution in [-0.2, 0) is 29.2 Å². The average molecular weight is 565 g/mol. The van der Waals surface area contributed by atoms with Crippen LogP contribution in [0.3, 0.4) is 0 Å². The molecule has 4 heterocycles. The average Bonchev–Trinajstić information content (AvgIpc) is 3.79. The van der Waals surface area contributed by atoms with Crippen molar-refractivity contribution in [2.45, 2.75) is 58.3 Å². The molecule has 42 heavy (non-hydrogen) atoms. The quantitative estimate of drug-likeness (QED) is 0.256. The van der Waals surface area contributed by atoms with E-state index in [-0.39, 0.29) is 19.0 Å². The maximum absolute atomic E-state index is 9.35. The Hall–Kier alpha value is -4.56. The van der Waals surface area contributed by atoms with Crippen LogP contribution in [0.1, 0.15) is 66.3 Å². The topological polar surface area (TPSA) is 113 Å². The highest BCUT2D eigenvalue weighted by molar-refractivity contribution is 5.59. The standard InChI is InChI=1S/C32H32N6O4/c1-23(41-31-4-2-3-17-40-31)32-33-15-16-37(32)20-28-18-29(42-36-28)27-13-11-25(12-14-27)6-5-24-7-9-26(10-8-24)19-38-22-34-35-30(38)21-39/h7-16,18,22-23,31,39H,2-4,17,19-21H2,1H3/t23-,31?/m0/s1. The monoisotopic (exact) mass is 564 g/mol. The molecule has 0 saturated carbocycles. The Morgan fingerprint density at radius 1 is 1.02 bits per heavy atom. The highest BCUT2D eigenvalue weighted by Gasteiger charge is 2.21. The van der Waals surface area contributed by atoms with Crippen LogP contribution < -0.4 is 0 Å². The van der Waals surface area contributed by atoms with Gasteiger partial charge in [0.15, 0.2) is 17.9 Å². The fraction of sp³-hybridized carbons (Fsp3) is 0.312. The fourth-order valence-corrected chi connectivity index (χ4v) is 4.90. The number of aliphatic hydroxyl groups excluding tert-OH is 1. The molecule has 10 heteroatoms. The molecule has 0 spiro atoms. The van der Waals surface area contributed by atoms with E-state index in [0.29, 0.717) is 24.7 Å². The van der Waals surface area contributed by atoms with Crippen molar-refractivity contribution < 1.29 is 19.1 Å². The molecule has 0 bridgehead atoms. The summed E-state index contributed by atoms with van der Waals surface area (Å²) in [5.74, 6) is 8.50. The number of hydrogen-bond donors (Lipinski definition) is 1. The third-order valence-electron chi connectivity index (χ3n) is 7.16. The van der Waals surface area contributed by atoms with E-state index >= 15 is 0 Å². The van der Waals surface area contributed by atoms with Crippen LogP contribution in [-0.4, -0.2) is 47.5 Å². The number of imidazole rings is 1. The molecule has 1 saturated heterocycles. The third kappa shape index (κ3) is 6.66. The normalized spacial score (nSPS) is 15.7. The Morgan fingerprint density at radius 3 is 2.55 bits per heavy atom. The zero-order valence-corrected chi connectivity index (χ0v) is 23.4. The second-order valence-corrected chi connectivity index (χ2v) is 10.2. The van der Waals surface area contributed by atoms with Crippen LogP contribution in [0.15, 0.2) is 77.8 Å². The Labute approximate surface area is 243 Å². The fourth-order valence-electron chi connectivity index (χ4n) is 4.90. The largest absolute Gasteiger partial charge is 0.388 e. The first kappa shape index (κ1) is 27.6. The van der Waals surface area contributed by atoms with Gasteiger partial charge in [0.1, 0.15) is 30.6 Å². The summed E-state index contributed by atoms with van der Waals surface area (Å²) in [6, 6.07) is 17.9. The zero-order valence-electron chi connectivity index (χ0n) is 23.4. The van der Waals surface area contributed by atoms with E-state index in [9.17, 15) is 5.11 Å². The Kier molecular flexibility index (Phi) is 8.51. The van der Waals surface area contributed by atoms with Gasteiger partial charge < -0.3 is 28.2 Å². The van der Waals surface area contributed by atoms with E-state index in [1.165, 1.54) is 0 Å². The number of ether oxygens (including phenoxy) is 2. The van der Waals surface area contributed by atoms with Gasteiger partial charge in [-0.15, -0.1) is 10.2 Å². The minimum atomic E-state index is -0.193. The van der Waals surface area contributed by atoms with Gasteiger partial charge in [0.05, 0.1) is 13.1 Å². The van der Waals surface area contributed by atoms with Gasteiger partial charge in [0, 0.05) is 41.8 Å². The summed E-state index contributed by atoms with van der Waals surface area (Å²) in [6.07, 6.45) is 8.07. The van der Waals surface area contributed by atoms with Crippen molar-refractivity contribution in [2.24, 2.45) is 0 Å². The highest BCUT2D eigenvalue weighted by atomic mass is 16.7. The lowest BCUT2D eigenvalue weighted by Crippen LogP contribution is -2.24. The van der Waals surface area contributed by atoms with E-state index in [1.807, 2.05) is 76.9 Å². The minimum Gasteiger partial charge on any atom is -0.388 e. The summed E-state index contributed by atoms with van der Waals surface area (Å²) in [5.41, 5.74) is 4.62. The molecule has 6 rings (SSSR count). The summed E-state index contributed by atoms with van der Waals surface area (Å²) in [6.45, 7) is 3.73. The van der Waals surface area contributed by atoms with Crippen LogP contribution >= 0.6 is 0 Å². The predicted octanol–water partition coefficient (Wildman–Crippen LogP) is 4.72. The van der Waals surface area contributed by atoms with Crippen LogP contribution in [0.2, 0.25) is 0 Å². The molecule has 0 radical (unpaired) electrons. The maximum Gasteiger partial charge on any atom is 0.167 e. The lowest BCUT2D eigenvalue weighted by molar-refractivity contribution is -0.188. The predicted molar refractivity (Wildman–Crippen MR) is 154 cm³/mol. The van der Waals surface area contributed by atoms with E-state index in [0.717, 1.165) is 59.6 Å². The van der Waals surface area contributed by atoms with Crippen LogP contribution in [0.5, 0.6) is 0 Å². The second kappa shape index (κ2) is 13.0. The van der Waals surface area contributed by atoms with E-state index in [1.54, 1.807) is 12.5 Å². The number of aromatic nitrogens is 6. The lowest BCUT2D eigenvalue weighted by Gasteiger charge is -2.26. The first-order valence-electron chi connectivity index (χ1n) is 14.1. The van der Waals surface area contributed by atoms with E-state index in [2.05, 4.69) is 32.2 Å². The van der Waals surface area contributed by atoms with Gasteiger partial charge in [0.25, 0.3) is 0 Å². The lowest BCUT2D eigenvalue weighted by atomic mass is 10.1. The van der Waals surface area contributed by atoms with Gasteiger partial charge in [-0.3, -0.25) is 0 Å². The molecule has 5 aromatic rings. The molecular weight excluding hydrogens is 532 g/mol. The Balaban J connectivity index is 1.06. The molecule has 0 aliphatic carbocycles. The molecule has 2 aromatic carbocycles. The van der Waals surface area contributed by atoms with E-state index < -0.39 is 0 Å². The minimum absolute atomic E-state index is 0.141. The number of benzene rings is 2. The van der Waals surface area contributed by atoms with Crippen molar-refractivity contribution in [3.8, 4) is 23.2 Å². The summed E-state index contributed by atoms with van der Waals surface area (Å²) < 4.78 is 21.3. The van der Waals surface area contributed by atoms with Gasteiger partial charge in [-0.1, -0.05) is 29.1 Å². The van der Waals surface area contributed by atoms with Gasteiger partial charge in [-0.2, -0.15) is 0 Å². The van der Waals surface area contributed by atoms with Crippen molar-refractivity contribution in [1.29, 1.82) is 0 Å². The summed E-state index contributed by atoms with van der Waals surface area (Å²) in [5, 5.41) is 21.4. The molecule has 1 fully saturated rings. The number of aliphatic hydroxyl groups is 1. The number of hydrogen-bond acceptors (Lipinski definition) is 8. The molecule has 2 atom stereocenters. The third-order valence-corrected chi connectivity index (χ3v) is 7.16. The van der Waals surface area contributed by atoms with Crippen molar-refractivity contribution >= 4 is 0 Å². The van der Waals surface area contributed by atoms with Crippen LogP contribution in [0.25, 0.3) is 11.3 Å². The molecule has 0 amide bonds. The van der Waals surface area contributed by atoms with Crippen molar-refractivity contribution in [1.82, 2.24) is 29.5 Å². The first-order chi connectivity index (χ1) is 20.6. The molecule has 214 valence electrons. The van der Waals surface area contributed by atoms with Crippen molar-refractivity contribution in [2.75, 3.05) is 6.61 Å². The molecule has 1 N–H and O–H groups in total. The Bertz CT molecular complexity index is 1650. The first-order valence-corrected chi connectivity index (χ1v) is 14.1. The van der Waals surface area contributed by atoms with Crippen LogP contribution in [0, 0.1) is 11.8 Å². The molecule has 3 aromatic heterocycles. The summed E-state index contributed by atoms with van der Waals surface area (Å²) >= 11 is 0. The van der Waals surface area contributed by atoms with Crippen LogP contribution in [0.4, 0.5) is 0 Å².